The third kappa shape index (κ3) is 1.39. The molecule has 1 N–H and O–H groups in total. The van der Waals surface area contributed by atoms with Crippen LogP contribution in [0.15, 0.2) is 0 Å². The Morgan fingerprint density at radius 3 is 2.50 bits per heavy atom. The lowest BCUT2D eigenvalue weighted by molar-refractivity contribution is 0.0840. The van der Waals surface area contributed by atoms with Crippen LogP contribution in [-0.4, -0.2) is 13.1 Å². The highest BCUT2D eigenvalue weighted by molar-refractivity contribution is 4.88. The highest BCUT2D eigenvalue weighted by Crippen LogP contribution is 2.40. The summed E-state index contributed by atoms with van der Waals surface area (Å²) in [6.07, 6.45) is 4.44. The van der Waals surface area contributed by atoms with E-state index in [-0.39, 0.29) is 0 Å². The van der Waals surface area contributed by atoms with Crippen LogP contribution in [0.3, 0.4) is 0 Å². The van der Waals surface area contributed by atoms with Crippen LogP contribution >= 0.6 is 0 Å². The number of hydrogen-bond donors (Lipinski definition) is 1. The zero-order chi connectivity index (χ0) is 8.55. The van der Waals surface area contributed by atoms with Gasteiger partial charge in [-0.1, -0.05) is 26.7 Å². The van der Waals surface area contributed by atoms with Crippen molar-refractivity contribution in [1.82, 2.24) is 5.32 Å². The van der Waals surface area contributed by atoms with Gasteiger partial charge in [-0.25, -0.2) is 0 Å². The van der Waals surface area contributed by atoms with Gasteiger partial charge in [0.15, 0.2) is 0 Å². The van der Waals surface area contributed by atoms with Crippen LogP contribution in [0.1, 0.15) is 33.1 Å². The van der Waals surface area contributed by atoms with E-state index in [0.29, 0.717) is 0 Å². The monoisotopic (exact) mass is 167 g/mol. The van der Waals surface area contributed by atoms with Gasteiger partial charge in [0.2, 0.25) is 0 Å². The zero-order valence-corrected chi connectivity index (χ0v) is 8.34. The smallest absolute Gasteiger partial charge is 0.00151 e. The Morgan fingerprint density at radius 1 is 0.917 bits per heavy atom. The highest BCUT2D eigenvalue weighted by Gasteiger charge is 2.35. The predicted octanol–water partition coefficient (Wildman–Crippen LogP) is 2.28. The van der Waals surface area contributed by atoms with Crippen molar-refractivity contribution >= 4 is 0 Å². The summed E-state index contributed by atoms with van der Waals surface area (Å²) in [5.41, 5.74) is 0. The number of hydrogen-bond acceptors (Lipinski definition) is 1. The maximum Gasteiger partial charge on any atom is -0.00151 e. The molecule has 0 aromatic rings. The lowest BCUT2D eigenvalue weighted by Crippen LogP contribution is -2.46. The summed E-state index contributed by atoms with van der Waals surface area (Å²) in [6, 6.07) is 0. The second-order valence-electron chi connectivity index (χ2n) is 4.87. The fourth-order valence-corrected chi connectivity index (χ4v) is 3.21. The van der Waals surface area contributed by atoms with Gasteiger partial charge in [-0.2, -0.15) is 0 Å². The van der Waals surface area contributed by atoms with Crippen molar-refractivity contribution in [3.63, 3.8) is 0 Å². The summed E-state index contributed by atoms with van der Waals surface area (Å²) in [7, 11) is 0. The first-order valence-corrected chi connectivity index (χ1v) is 5.49. The minimum Gasteiger partial charge on any atom is -0.316 e. The average Bonchev–Trinajstić information content (AvgIpc) is 2.07. The molecule has 12 heavy (non-hydrogen) atoms. The Labute approximate surface area is 75.9 Å². The van der Waals surface area contributed by atoms with E-state index in [1.165, 1.54) is 32.4 Å². The molecule has 0 spiro atoms. The van der Waals surface area contributed by atoms with E-state index in [9.17, 15) is 0 Å². The SMILES string of the molecule is CC1CNCC2C(C)CCCC12. The zero-order valence-electron chi connectivity index (χ0n) is 8.34. The van der Waals surface area contributed by atoms with Gasteiger partial charge < -0.3 is 5.32 Å². The van der Waals surface area contributed by atoms with Crippen molar-refractivity contribution in [1.29, 1.82) is 0 Å². The molecule has 0 amide bonds. The van der Waals surface area contributed by atoms with Crippen molar-refractivity contribution in [2.75, 3.05) is 13.1 Å². The van der Waals surface area contributed by atoms with Crippen LogP contribution in [0.5, 0.6) is 0 Å². The van der Waals surface area contributed by atoms with Crippen molar-refractivity contribution in [2.24, 2.45) is 23.7 Å². The predicted molar refractivity (Wildman–Crippen MR) is 52.0 cm³/mol. The molecular weight excluding hydrogens is 146 g/mol. The summed E-state index contributed by atoms with van der Waals surface area (Å²) in [5, 5.41) is 3.56. The Kier molecular flexibility index (Phi) is 2.40. The molecule has 1 heteroatoms. The van der Waals surface area contributed by atoms with E-state index in [2.05, 4.69) is 19.2 Å². The molecule has 1 saturated carbocycles. The maximum absolute atomic E-state index is 3.56. The minimum absolute atomic E-state index is 0.923. The van der Waals surface area contributed by atoms with Crippen molar-refractivity contribution in [2.45, 2.75) is 33.1 Å². The second-order valence-corrected chi connectivity index (χ2v) is 4.87. The first-order valence-electron chi connectivity index (χ1n) is 5.49. The Hall–Kier alpha value is -0.0400. The quantitative estimate of drug-likeness (QED) is 0.583. The summed E-state index contributed by atoms with van der Waals surface area (Å²) < 4.78 is 0. The largest absolute Gasteiger partial charge is 0.316 e. The van der Waals surface area contributed by atoms with Crippen LogP contribution in [0.25, 0.3) is 0 Å². The third-order valence-corrected chi connectivity index (χ3v) is 4.06. The Morgan fingerprint density at radius 2 is 1.75 bits per heavy atom. The number of fused-ring (bicyclic) bond motifs is 1. The van der Waals surface area contributed by atoms with Crippen LogP contribution in [0.2, 0.25) is 0 Å². The summed E-state index contributed by atoms with van der Waals surface area (Å²) >= 11 is 0. The molecule has 0 radical (unpaired) electrons. The van der Waals surface area contributed by atoms with Gasteiger partial charge >= 0.3 is 0 Å². The Balaban J connectivity index is 2.05. The fraction of sp³-hybridized carbons (Fsp3) is 1.00. The molecule has 1 aliphatic heterocycles. The maximum atomic E-state index is 3.56. The summed E-state index contributed by atoms with van der Waals surface area (Å²) in [4.78, 5) is 0. The van der Waals surface area contributed by atoms with E-state index in [1.54, 1.807) is 0 Å². The van der Waals surface area contributed by atoms with Gasteiger partial charge in [-0.3, -0.25) is 0 Å². The standard InChI is InChI=1S/C11H21N/c1-8-4-3-5-10-9(2)6-12-7-11(8)10/h8-12H,3-7H2,1-2H3. The molecule has 1 heterocycles. The number of nitrogens with one attached hydrogen (secondary N) is 1. The normalized spacial score (nSPS) is 48.5. The van der Waals surface area contributed by atoms with Crippen LogP contribution in [-0.2, 0) is 0 Å². The van der Waals surface area contributed by atoms with E-state index < -0.39 is 0 Å². The summed E-state index contributed by atoms with van der Waals surface area (Å²) in [5.74, 6) is 3.92. The average molecular weight is 167 g/mol. The van der Waals surface area contributed by atoms with Gasteiger partial charge in [0.1, 0.15) is 0 Å². The molecule has 2 aliphatic rings. The van der Waals surface area contributed by atoms with Gasteiger partial charge in [-0.05, 0) is 43.2 Å². The number of piperidine rings is 1. The second kappa shape index (κ2) is 3.37. The molecule has 1 saturated heterocycles. The molecular formula is C11H21N. The minimum atomic E-state index is 0.923. The van der Waals surface area contributed by atoms with Crippen LogP contribution in [0.4, 0.5) is 0 Å². The molecule has 4 unspecified atom stereocenters. The third-order valence-electron chi connectivity index (χ3n) is 4.06. The molecule has 0 aromatic heterocycles. The van der Waals surface area contributed by atoms with E-state index >= 15 is 0 Å². The van der Waals surface area contributed by atoms with Crippen LogP contribution in [0, 0.1) is 23.7 Å². The van der Waals surface area contributed by atoms with Gasteiger partial charge in [-0.15, -0.1) is 0 Å². The molecule has 1 aliphatic carbocycles. The lowest BCUT2D eigenvalue weighted by atomic mass is 9.66. The van der Waals surface area contributed by atoms with Crippen molar-refractivity contribution in [3.05, 3.63) is 0 Å². The molecule has 4 atom stereocenters. The van der Waals surface area contributed by atoms with Crippen molar-refractivity contribution < 1.29 is 0 Å². The van der Waals surface area contributed by atoms with E-state index in [0.717, 1.165) is 23.7 Å². The molecule has 1 nitrogen and oxygen atoms in total. The first kappa shape index (κ1) is 8.55. The summed E-state index contributed by atoms with van der Waals surface area (Å²) in [6.45, 7) is 7.41. The molecule has 70 valence electrons. The first-order chi connectivity index (χ1) is 5.79. The molecule has 0 bridgehead atoms. The van der Waals surface area contributed by atoms with Crippen molar-refractivity contribution in [3.8, 4) is 0 Å². The van der Waals surface area contributed by atoms with E-state index in [1.807, 2.05) is 0 Å². The molecule has 2 rings (SSSR count). The van der Waals surface area contributed by atoms with Gasteiger partial charge in [0, 0.05) is 0 Å². The molecule has 0 aromatic carbocycles. The highest BCUT2D eigenvalue weighted by atomic mass is 14.9. The van der Waals surface area contributed by atoms with Crippen LogP contribution < -0.4 is 5.32 Å². The van der Waals surface area contributed by atoms with Gasteiger partial charge in [0.05, 0.1) is 0 Å². The van der Waals surface area contributed by atoms with Gasteiger partial charge in [0.25, 0.3) is 0 Å². The fourth-order valence-electron chi connectivity index (χ4n) is 3.21. The molecule has 2 fully saturated rings. The van der Waals surface area contributed by atoms with E-state index in [4.69, 9.17) is 0 Å². The Bertz CT molecular complexity index is 137. The number of rotatable bonds is 0. The lowest BCUT2D eigenvalue weighted by Gasteiger charge is -2.43. The topological polar surface area (TPSA) is 12.0 Å².